The molecule has 1 aliphatic heterocycles. The van der Waals surface area contributed by atoms with Gasteiger partial charge in [0, 0.05) is 18.8 Å². The molecule has 0 atom stereocenters. The fourth-order valence-electron chi connectivity index (χ4n) is 2.36. The molecule has 0 radical (unpaired) electrons. The quantitative estimate of drug-likeness (QED) is 0.828. The van der Waals surface area contributed by atoms with E-state index in [0.717, 1.165) is 13.1 Å². The van der Waals surface area contributed by atoms with Crippen LogP contribution in [0.5, 0.6) is 0 Å². The molecule has 0 unspecified atom stereocenters. The van der Waals surface area contributed by atoms with Crippen LogP contribution in [0, 0.1) is 0 Å². The second-order valence-corrected chi connectivity index (χ2v) is 4.46. The van der Waals surface area contributed by atoms with Crippen LogP contribution in [0.4, 0.5) is 5.69 Å². The van der Waals surface area contributed by atoms with Crippen molar-refractivity contribution in [2.75, 3.05) is 25.0 Å². The summed E-state index contributed by atoms with van der Waals surface area (Å²) in [5, 5.41) is 12.2. The molecule has 0 aromatic heterocycles. The molecular weight excluding hydrogens is 216 g/mol. The van der Waals surface area contributed by atoms with E-state index in [1.165, 1.54) is 5.69 Å². The van der Waals surface area contributed by atoms with Crippen LogP contribution in [0.3, 0.4) is 0 Å². The lowest BCUT2D eigenvalue weighted by atomic mass is 9.87. The number of carbonyl (C=O) groups is 1. The summed E-state index contributed by atoms with van der Waals surface area (Å²) in [4.78, 5) is 13.5. The lowest BCUT2D eigenvalue weighted by molar-refractivity contribution is -0.145. The van der Waals surface area contributed by atoms with Crippen LogP contribution >= 0.6 is 0 Å². The topological polar surface area (TPSA) is 52.6 Å². The Hall–Kier alpha value is -1.55. The highest BCUT2D eigenvalue weighted by Crippen LogP contribution is 2.26. The van der Waals surface area contributed by atoms with Gasteiger partial charge in [0.25, 0.3) is 0 Å². The molecule has 2 rings (SSSR count). The van der Waals surface area contributed by atoms with Gasteiger partial charge in [-0.1, -0.05) is 18.2 Å². The number of benzene rings is 1. The summed E-state index contributed by atoms with van der Waals surface area (Å²) in [7, 11) is 1.73. The highest BCUT2D eigenvalue weighted by atomic mass is 16.4. The van der Waals surface area contributed by atoms with Crippen LogP contribution in [-0.4, -0.2) is 36.8 Å². The lowest BCUT2D eigenvalue weighted by Crippen LogP contribution is -2.57. The second kappa shape index (κ2) is 4.75. The summed E-state index contributed by atoms with van der Waals surface area (Å²) in [5.74, 6) is -0.743. The molecule has 0 amide bonds. The number of rotatable bonds is 3. The van der Waals surface area contributed by atoms with Crippen LogP contribution < -0.4 is 10.2 Å². The summed E-state index contributed by atoms with van der Waals surface area (Å²) in [6.45, 7) is 1.55. The molecule has 1 heterocycles. The monoisotopic (exact) mass is 234 g/mol. The number of para-hydroxylation sites is 1. The van der Waals surface area contributed by atoms with Crippen molar-refractivity contribution in [3.05, 3.63) is 30.3 Å². The van der Waals surface area contributed by atoms with E-state index in [1.54, 1.807) is 7.05 Å². The number of nitrogens with one attached hydrogen (secondary N) is 1. The molecule has 0 saturated carbocycles. The predicted octanol–water partition coefficient (Wildman–Crippen LogP) is 1.33. The smallest absolute Gasteiger partial charge is 0.324 e. The van der Waals surface area contributed by atoms with Crippen molar-refractivity contribution in [2.45, 2.75) is 18.4 Å². The number of carboxylic acid groups (broad SMARTS) is 1. The van der Waals surface area contributed by atoms with E-state index in [9.17, 15) is 9.90 Å². The molecule has 1 aromatic carbocycles. The molecule has 17 heavy (non-hydrogen) atoms. The summed E-state index contributed by atoms with van der Waals surface area (Å²) in [5.41, 5.74) is 0.424. The molecular formula is C13H18N2O2. The maximum absolute atomic E-state index is 11.3. The maximum Gasteiger partial charge on any atom is 0.324 e. The van der Waals surface area contributed by atoms with E-state index >= 15 is 0 Å². The summed E-state index contributed by atoms with van der Waals surface area (Å²) < 4.78 is 0. The zero-order valence-corrected chi connectivity index (χ0v) is 10.0. The van der Waals surface area contributed by atoms with Crippen LogP contribution in [-0.2, 0) is 4.79 Å². The first-order valence-electron chi connectivity index (χ1n) is 5.90. The van der Waals surface area contributed by atoms with E-state index in [1.807, 2.05) is 18.2 Å². The molecule has 0 bridgehead atoms. The molecule has 1 saturated heterocycles. The highest BCUT2D eigenvalue weighted by molar-refractivity contribution is 5.79. The van der Waals surface area contributed by atoms with E-state index in [0.29, 0.717) is 12.8 Å². The van der Waals surface area contributed by atoms with E-state index in [4.69, 9.17) is 0 Å². The zero-order chi connectivity index (χ0) is 12.3. The Morgan fingerprint density at radius 3 is 2.35 bits per heavy atom. The fourth-order valence-corrected chi connectivity index (χ4v) is 2.36. The Bertz CT molecular complexity index is 384. The van der Waals surface area contributed by atoms with Crippen molar-refractivity contribution in [2.24, 2.45) is 0 Å². The minimum absolute atomic E-state index is 0.633. The third kappa shape index (κ3) is 2.26. The van der Waals surface area contributed by atoms with Gasteiger partial charge in [-0.15, -0.1) is 0 Å². The van der Waals surface area contributed by atoms with E-state index < -0.39 is 11.5 Å². The Labute approximate surface area is 101 Å². The van der Waals surface area contributed by atoms with Gasteiger partial charge in [-0.05, 0) is 32.0 Å². The highest BCUT2D eigenvalue weighted by Gasteiger charge is 2.40. The van der Waals surface area contributed by atoms with Gasteiger partial charge < -0.3 is 15.3 Å². The van der Waals surface area contributed by atoms with Crippen molar-refractivity contribution in [1.82, 2.24) is 5.32 Å². The summed E-state index contributed by atoms with van der Waals surface area (Å²) in [6, 6.07) is 10.1. The van der Waals surface area contributed by atoms with E-state index in [2.05, 4.69) is 22.3 Å². The average molecular weight is 234 g/mol. The molecule has 92 valence electrons. The van der Waals surface area contributed by atoms with Gasteiger partial charge >= 0.3 is 5.97 Å². The number of aliphatic carboxylic acids is 1. The largest absolute Gasteiger partial charge is 0.480 e. The fraction of sp³-hybridized carbons (Fsp3) is 0.462. The molecule has 1 aromatic rings. The van der Waals surface area contributed by atoms with Crippen molar-refractivity contribution in [1.29, 1.82) is 0 Å². The first-order chi connectivity index (χ1) is 8.18. The predicted molar refractivity (Wildman–Crippen MR) is 67.3 cm³/mol. The molecule has 2 N–H and O–H groups in total. The Kier molecular flexibility index (Phi) is 3.33. The van der Waals surface area contributed by atoms with Crippen LogP contribution in [0.25, 0.3) is 0 Å². The first kappa shape index (κ1) is 11.9. The van der Waals surface area contributed by atoms with Gasteiger partial charge in [0.05, 0.1) is 0 Å². The molecule has 4 heteroatoms. The third-order valence-corrected chi connectivity index (χ3v) is 3.63. The van der Waals surface area contributed by atoms with Crippen molar-refractivity contribution in [3.63, 3.8) is 0 Å². The summed E-state index contributed by atoms with van der Waals surface area (Å²) >= 11 is 0. The first-order valence-corrected chi connectivity index (χ1v) is 5.90. The number of likely N-dealkylation sites (N-methyl/N-ethyl adjacent to an activating group) is 1. The van der Waals surface area contributed by atoms with Crippen LogP contribution in [0.1, 0.15) is 12.8 Å². The van der Waals surface area contributed by atoms with Gasteiger partial charge in [0.15, 0.2) is 0 Å². The molecule has 0 aliphatic carbocycles. The third-order valence-electron chi connectivity index (χ3n) is 3.63. The SMILES string of the molecule is CNC1(C(=O)O)CCN(c2ccccc2)CC1. The number of hydrogen-bond donors (Lipinski definition) is 2. The van der Waals surface area contributed by atoms with Gasteiger partial charge in [0.1, 0.15) is 5.54 Å². The zero-order valence-electron chi connectivity index (χ0n) is 10.0. The average Bonchev–Trinajstić information content (AvgIpc) is 2.39. The molecule has 1 fully saturated rings. The Morgan fingerprint density at radius 1 is 1.29 bits per heavy atom. The Morgan fingerprint density at radius 2 is 1.88 bits per heavy atom. The summed E-state index contributed by atoms with van der Waals surface area (Å²) in [6.07, 6.45) is 1.27. The van der Waals surface area contributed by atoms with Gasteiger partial charge in [-0.3, -0.25) is 4.79 Å². The molecule has 1 aliphatic rings. The van der Waals surface area contributed by atoms with Crippen molar-refractivity contribution >= 4 is 11.7 Å². The maximum atomic E-state index is 11.3. The minimum atomic E-state index is -0.745. The minimum Gasteiger partial charge on any atom is -0.480 e. The van der Waals surface area contributed by atoms with Gasteiger partial charge in [-0.25, -0.2) is 0 Å². The van der Waals surface area contributed by atoms with E-state index in [-0.39, 0.29) is 0 Å². The van der Waals surface area contributed by atoms with Crippen LogP contribution in [0.15, 0.2) is 30.3 Å². The normalized spacial score (nSPS) is 19.0. The number of piperidine rings is 1. The second-order valence-electron chi connectivity index (χ2n) is 4.46. The van der Waals surface area contributed by atoms with Gasteiger partial charge in [0.2, 0.25) is 0 Å². The van der Waals surface area contributed by atoms with Crippen molar-refractivity contribution < 1.29 is 9.90 Å². The van der Waals surface area contributed by atoms with Crippen LogP contribution in [0.2, 0.25) is 0 Å². The standard InChI is InChI=1S/C13H18N2O2/c1-14-13(12(16)17)7-9-15(10-8-13)11-5-3-2-4-6-11/h2-6,14H,7-10H2,1H3,(H,16,17). The number of nitrogens with zero attached hydrogens (tertiary/aromatic N) is 1. The number of carboxylic acids is 1. The number of hydrogen-bond acceptors (Lipinski definition) is 3. The molecule has 0 spiro atoms. The Balaban J connectivity index is 2.05. The van der Waals surface area contributed by atoms with Crippen molar-refractivity contribution in [3.8, 4) is 0 Å². The van der Waals surface area contributed by atoms with Gasteiger partial charge in [-0.2, -0.15) is 0 Å². The number of anilines is 1. The lowest BCUT2D eigenvalue weighted by Gasteiger charge is -2.39. The molecule has 4 nitrogen and oxygen atoms in total.